The molecule has 3 heteroatoms. The summed E-state index contributed by atoms with van der Waals surface area (Å²) in [6, 6.07) is 8.45. The molecule has 0 saturated heterocycles. The molecule has 0 bridgehead atoms. The highest BCUT2D eigenvalue weighted by Gasteiger charge is 2.27. The SMILES string of the molecule is CCCn1c(CNCC(C)C2CC2)nc2ccccc21. The van der Waals surface area contributed by atoms with Gasteiger partial charge in [0.2, 0.25) is 0 Å². The van der Waals surface area contributed by atoms with Crippen LogP contribution in [0.3, 0.4) is 0 Å². The van der Waals surface area contributed by atoms with E-state index in [1.807, 2.05) is 0 Å². The lowest BCUT2D eigenvalue weighted by molar-refractivity contribution is 0.453. The molecule has 0 radical (unpaired) electrons. The van der Waals surface area contributed by atoms with Crippen molar-refractivity contribution >= 4 is 11.0 Å². The molecule has 1 fully saturated rings. The van der Waals surface area contributed by atoms with Crippen molar-refractivity contribution in [3.63, 3.8) is 0 Å². The van der Waals surface area contributed by atoms with E-state index in [1.165, 1.54) is 24.2 Å². The molecule has 108 valence electrons. The van der Waals surface area contributed by atoms with Crippen LogP contribution in [-0.4, -0.2) is 16.1 Å². The third kappa shape index (κ3) is 2.88. The Kier molecular flexibility index (Phi) is 4.06. The molecule has 1 aromatic heterocycles. The molecule has 1 unspecified atom stereocenters. The summed E-state index contributed by atoms with van der Waals surface area (Å²) in [4.78, 5) is 4.79. The van der Waals surface area contributed by atoms with Crippen LogP contribution in [0.2, 0.25) is 0 Å². The predicted molar refractivity (Wildman–Crippen MR) is 83.6 cm³/mol. The van der Waals surface area contributed by atoms with Gasteiger partial charge in [-0.25, -0.2) is 4.98 Å². The van der Waals surface area contributed by atoms with Crippen molar-refractivity contribution in [2.45, 2.75) is 46.2 Å². The summed E-state index contributed by atoms with van der Waals surface area (Å²) < 4.78 is 2.37. The molecule has 2 aromatic rings. The summed E-state index contributed by atoms with van der Waals surface area (Å²) in [5.74, 6) is 2.95. The molecule has 1 saturated carbocycles. The van der Waals surface area contributed by atoms with Gasteiger partial charge in [-0.05, 0) is 49.8 Å². The molecular weight excluding hydrogens is 246 g/mol. The Hall–Kier alpha value is -1.35. The van der Waals surface area contributed by atoms with E-state index in [2.05, 4.69) is 48.0 Å². The number of nitrogens with one attached hydrogen (secondary N) is 1. The average molecular weight is 271 g/mol. The summed E-state index contributed by atoms with van der Waals surface area (Å²) >= 11 is 0. The van der Waals surface area contributed by atoms with Gasteiger partial charge in [0.25, 0.3) is 0 Å². The van der Waals surface area contributed by atoms with Crippen LogP contribution in [0.1, 0.15) is 38.9 Å². The van der Waals surface area contributed by atoms with Gasteiger partial charge >= 0.3 is 0 Å². The third-order valence-corrected chi connectivity index (χ3v) is 4.36. The van der Waals surface area contributed by atoms with Crippen LogP contribution in [0.25, 0.3) is 11.0 Å². The third-order valence-electron chi connectivity index (χ3n) is 4.36. The second kappa shape index (κ2) is 5.96. The number of aromatic nitrogens is 2. The van der Waals surface area contributed by atoms with Crippen molar-refractivity contribution in [1.82, 2.24) is 14.9 Å². The number of nitrogens with zero attached hydrogens (tertiary/aromatic N) is 2. The summed E-state index contributed by atoms with van der Waals surface area (Å²) in [5, 5.41) is 3.60. The summed E-state index contributed by atoms with van der Waals surface area (Å²) in [5.41, 5.74) is 2.38. The van der Waals surface area contributed by atoms with E-state index in [4.69, 9.17) is 4.98 Å². The molecule has 0 spiro atoms. The number of rotatable bonds is 7. The van der Waals surface area contributed by atoms with Gasteiger partial charge in [0.05, 0.1) is 17.6 Å². The van der Waals surface area contributed by atoms with Crippen LogP contribution in [0.5, 0.6) is 0 Å². The van der Waals surface area contributed by atoms with E-state index >= 15 is 0 Å². The van der Waals surface area contributed by atoms with Crippen LogP contribution in [0, 0.1) is 11.8 Å². The molecule has 1 atom stereocenters. The fourth-order valence-electron chi connectivity index (χ4n) is 2.98. The fourth-order valence-corrected chi connectivity index (χ4v) is 2.98. The number of fused-ring (bicyclic) bond motifs is 1. The minimum Gasteiger partial charge on any atom is -0.327 e. The second-order valence-electron chi connectivity index (χ2n) is 6.11. The number of hydrogen-bond acceptors (Lipinski definition) is 2. The van der Waals surface area contributed by atoms with Gasteiger partial charge in [0.15, 0.2) is 0 Å². The van der Waals surface area contributed by atoms with E-state index in [1.54, 1.807) is 0 Å². The lowest BCUT2D eigenvalue weighted by Gasteiger charge is -2.12. The van der Waals surface area contributed by atoms with Crippen molar-refractivity contribution in [2.24, 2.45) is 11.8 Å². The predicted octanol–water partition coefficient (Wildman–Crippen LogP) is 3.58. The normalized spacial score (nSPS) is 16.7. The Labute approximate surface area is 121 Å². The van der Waals surface area contributed by atoms with Crippen molar-refractivity contribution < 1.29 is 0 Å². The molecule has 3 nitrogen and oxygen atoms in total. The van der Waals surface area contributed by atoms with Gasteiger partial charge in [-0.3, -0.25) is 0 Å². The van der Waals surface area contributed by atoms with E-state index in [0.29, 0.717) is 0 Å². The second-order valence-corrected chi connectivity index (χ2v) is 6.11. The highest BCUT2D eigenvalue weighted by atomic mass is 15.1. The summed E-state index contributed by atoms with van der Waals surface area (Å²) in [7, 11) is 0. The van der Waals surface area contributed by atoms with Gasteiger partial charge < -0.3 is 9.88 Å². The molecule has 3 rings (SSSR count). The molecule has 20 heavy (non-hydrogen) atoms. The molecule has 1 aliphatic carbocycles. The number of benzene rings is 1. The monoisotopic (exact) mass is 271 g/mol. The van der Waals surface area contributed by atoms with E-state index in [-0.39, 0.29) is 0 Å². The lowest BCUT2D eigenvalue weighted by atomic mass is 10.1. The van der Waals surface area contributed by atoms with Crippen LogP contribution in [0.4, 0.5) is 0 Å². The van der Waals surface area contributed by atoms with Gasteiger partial charge in [0, 0.05) is 6.54 Å². The standard InChI is InChI=1S/C17H25N3/c1-3-10-20-16-7-5-4-6-15(16)19-17(20)12-18-11-13(2)14-8-9-14/h4-7,13-14,18H,3,8-12H2,1-2H3. The average Bonchev–Trinajstić information content (AvgIpc) is 3.25. The quantitative estimate of drug-likeness (QED) is 0.834. The first-order valence-electron chi connectivity index (χ1n) is 7.94. The van der Waals surface area contributed by atoms with Crippen molar-refractivity contribution in [3.05, 3.63) is 30.1 Å². The van der Waals surface area contributed by atoms with Gasteiger partial charge in [-0.15, -0.1) is 0 Å². The smallest absolute Gasteiger partial charge is 0.123 e. The Bertz CT molecular complexity index is 569. The number of imidazole rings is 1. The summed E-state index contributed by atoms with van der Waals surface area (Å²) in [6.45, 7) is 7.63. The molecule has 0 amide bonds. The maximum Gasteiger partial charge on any atom is 0.123 e. The molecule has 0 aliphatic heterocycles. The minimum absolute atomic E-state index is 0.805. The van der Waals surface area contributed by atoms with Gasteiger partial charge in [-0.2, -0.15) is 0 Å². The van der Waals surface area contributed by atoms with E-state index in [9.17, 15) is 0 Å². The zero-order valence-corrected chi connectivity index (χ0v) is 12.6. The number of para-hydroxylation sites is 2. The fraction of sp³-hybridized carbons (Fsp3) is 0.588. The van der Waals surface area contributed by atoms with Crippen LogP contribution in [-0.2, 0) is 13.1 Å². The molecule has 1 aliphatic rings. The first kappa shape index (κ1) is 13.6. The first-order valence-corrected chi connectivity index (χ1v) is 7.94. The molecule has 1 heterocycles. The molecule has 1 aromatic carbocycles. The highest BCUT2D eigenvalue weighted by molar-refractivity contribution is 5.75. The number of aryl methyl sites for hydroxylation is 1. The maximum atomic E-state index is 4.79. The Balaban J connectivity index is 1.70. The Morgan fingerprint density at radius 1 is 1.35 bits per heavy atom. The Morgan fingerprint density at radius 2 is 2.15 bits per heavy atom. The van der Waals surface area contributed by atoms with Crippen LogP contribution < -0.4 is 5.32 Å². The van der Waals surface area contributed by atoms with Gasteiger partial charge in [-0.1, -0.05) is 26.0 Å². The zero-order valence-electron chi connectivity index (χ0n) is 12.6. The first-order chi connectivity index (χ1) is 9.79. The molecule has 1 N–H and O–H groups in total. The minimum atomic E-state index is 0.805. The van der Waals surface area contributed by atoms with Crippen LogP contribution >= 0.6 is 0 Å². The van der Waals surface area contributed by atoms with Crippen molar-refractivity contribution in [2.75, 3.05) is 6.54 Å². The van der Waals surface area contributed by atoms with Crippen molar-refractivity contribution in [3.8, 4) is 0 Å². The number of hydrogen-bond donors (Lipinski definition) is 1. The van der Waals surface area contributed by atoms with Crippen molar-refractivity contribution in [1.29, 1.82) is 0 Å². The summed E-state index contributed by atoms with van der Waals surface area (Å²) in [6.07, 6.45) is 4.00. The lowest BCUT2D eigenvalue weighted by Crippen LogP contribution is -2.23. The maximum absolute atomic E-state index is 4.79. The Morgan fingerprint density at radius 3 is 2.90 bits per heavy atom. The highest BCUT2D eigenvalue weighted by Crippen LogP contribution is 2.36. The topological polar surface area (TPSA) is 29.9 Å². The van der Waals surface area contributed by atoms with Gasteiger partial charge in [0.1, 0.15) is 5.82 Å². The molecular formula is C17H25N3. The largest absolute Gasteiger partial charge is 0.327 e. The van der Waals surface area contributed by atoms with E-state index < -0.39 is 0 Å². The van der Waals surface area contributed by atoms with E-state index in [0.717, 1.165) is 43.4 Å². The zero-order chi connectivity index (χ0) is 13.9. The van der Waals surface area contributed by atoms with Crippen LogP contribution in [0.15, 0.2) is 24.3 Å².